The van der Waals surface area contributed by atoms with Crippen LogP contribution in [0.25, 0.3) is 5.52 Å². The number of hydrogen-bond acceptors (Lipinski definition) is 3. The number of nitrogens with one attached hydrogen (secondary N) is 1. The van der Waals surface area contributed by atoms with Gasteiger partial charge in [0.05, 0.1) is 38.7 Å². The van der Waals surface area contributed by atoms with E-state index in [2.05, 4.69) is 17.5 Å². The summed E-state index contributed by atoms with van der Waals surface area (Å²) in [5.74, 6) is 0.805. The maximum atomic E-state index is 6.14. The van der Waals surface area contributed by atoms with Crippen LogP contribution in [0.3, 0.4) is 0 Å². The van der Waals surface area contributed by atoms with Crippen LogP contribution in [0, 0.1) is 0 Å². The fraction of sp³-hybridized carbons (Fsp3) is 0.533. The van der Waals surface area contributed by atoms with Crippen LogP contribution in [0.2, 0.25) is 0 Å². The maximum absolute atomic E-state index is 6.14. The highest BCUT2D eigenvalue weighted by molar-refractivity contribution is 5.80. The van der Waals surface area contributed by atoms with Gasteiger partial charge in [-0.2, -0.15) is 0 Å². The number of fused-ring (bicyclic) bond motifs is 1. The molecule has 3 N–H and O–H groups in total. The Morgan fingerprint density at radius 3 is 2.85 bits per heavy atom. The number of quaternary nitrogens is 1. The Morgan fingerprint density at radius 1 is 1.30 bits per heavy atom. The molecule has 3 rings (SSSR count). The zero-order valence-electron chi connectivity index (χ0n) is 12.2. The van der Waals surface area contributed by atoms with E-state index in [9.17, 15) is 0 Å². The van der Waals surface area contributed by atoms with E-state index in [-0.39, 0.29) is 0 Å². The van der Waals surface area contributed by atoms with Crippen molar-refractivity contribution in [3.8, 4) is 0 Å². The van der Waals surface area contributed by atoms with Gasteiger partial charge in [-0.1, -0.05) is 6.07 Å². The van der Waals surface area contributed by atoms with Crippen LogP contribution in [-0.2, 0) is 0 Å². The van der Waals surface area contributed by atoms with E-state index in [1.165, 1.54) is 36.8 Å². The predicted molar refractivity (Wildman–Crippen MR) is 82.7 cm³/mol. The Morgan fingerprint density at radius 2 is 2.10 bits per heavy atom. The number of pyridine rings is 1. The molecular formula is C15H24N5+. The number of aromatic nitrogens is 2. The van der Waals surface area contributed by atoms with Gasteiger partial charge in [0, 0.05) is 6.20 Å². The first-order valence-corrected chi connectivity index (χ1v) is 7.48. The maximum Gasteiger partial charge on any atom is 0.172 e. The van der Waals surface area contributed by atoms with Crippen molar-refractivity contribution in [1.82, 2.24) is 9.61 Å². The van der Waals surface area contributed by atoms with Crippen LogP contribution < -0.4 is 11.1 Å². The summed E-state index contributed by atoms with van der Waals surface area (Å²) in [5, 5.41) is 7.89. The van der Waals surface area contributed by atoms with Crippen molar-refractivity contribution in [2.45, 2.75) is 19.3 Å². The van der Waals surface area contributed by atoms with E-state index in [0.717, 1.165) is 30.1 Å². The summed E-state index contributed by atoms with van der Waals surface area (Å²) in [5.41, 5.74) is 7.85. The lowest BCUT2D eigenvalue weighted by molar-refractivity contribution is -0.912. The van der Waals surface area contributed by atoms with Crippen LogP contribution >= 0.6 is 0 Å². The molecule has 1 fully saturated rings. The van der Waals surface area contributed by atoms with Crippen molar-refractivity contribution in [3.63, 3.8) is 0 Å². The SMILES string of the molecule is C[N+]1(CCNc2nn3ccccc3c2N)CCCCC1. The number of anilines is 2. The van der Waals surface area contributed by atoms with Gasteiger partial charge in [-0.3, -0.25) is 0 Å². The molecule has 1 aliphatic rings. The number of hydrogen-bond donors (Lipinski definition) is 2. The molecule has 0 atom stereocenters. The Balaban J connectivity index is 1.63. The second-order valence-corrected chi connectivity index (χ2v) is 6.07. The van der Waals surface area contributed by atoms with Gasteiger partial charge in [0.1, 0.15) is 5.69 Å². The molecule has 3 heterocycles. The minimum atomic E-state index is 0.742. The van der Waals surface area contributed by atoms with Gasteiger partial charge in [0.15, 0.2) is 5.82 Å². The van der Waals surface area contributed by atoms with Gasteiger partial charge in [0.2, 0.25) is 0 Å². The van der Waals surface area contributed by atoms with E-state index >= 15 is 0 Å². The Labute approximate surface area is 120 Å². The largest absolute Gasteiger partial charge is 0.394 e. The highest BCUT2D eigenvalue weighted by Crippen LogP contribution is 2.22. The molecule has 0 spiro atoms. The molecule has 108 valence electrons. The second-order valence-electron chi connectivity index (χ2n) is 6.07. The molecule has 5 heteroatoms. The number of nitrogen functional groups attached to an aromatic ring is 1. The third-order valence-corrected chi connectivity index (χ3v) is 4.42. The van der Waals surface area contributed by atoms with Crippen molar-refractivity contribution in [2.24, 2.45) is 0 Å². The number of rotatable bonds is 4. The van der Waals surface area contributed by atoms with Crippen molar-refractivity contribution >= 4 is 17.0 Å². The number of likely N-dealkylation sites (tertiary alicyclic amines) is 1. The topological polar surface area (TPSA) is 55.4 Å². The first-order chi connectivity index (χ1) is 9.68. The van der Waals surface area contributed by atoms with E-state index < -0.39 is 0 Å². The Bertz CT molecular complexity index is 583. The molecule has 2 aromatic rings. The molecule has 5 nitrogen and oxygen atoms in total. The summed E-state index contributed by atoms with van der Waals surface area (Å²) >= 11 is 0. The normalized spacial score (nSPS) is 18.2. The molecule has 0 bridgehead atoms. The minimum Gasteiger partial charge on any atom is -0.394 e. The lowest BCUT2D eigenvalue weighted by atomic mass is 10.1. The van der Waals surface area contributed by atoms with Gasteiger partial charge in [0.25, 0.3) is 0 Å². The van der Waals surface area contributed by atoms with Crippen LogP contribution in [0.4, 0.5) is 11.5 Å². The van der Waals surface area contributed by atoms with Crippen LogP contribution in [0.5, 0.6) is 0 Å². The van der Waals surface area contributed by atoms with Gasteiger partial charge in [-0.25, -0.2) is 4.52 Å². The standard InChI is InChI=1S/C15H24N5/c1-20(10-5-2-6-11-20)12-8-17-15-14(16)13-7-3-4-9-19(13)18-15/h3-4,7,9H,2,5-6,8,10-12,16H2,1H3,(H,17,18)/q+1. The summed E-state index contributed by atoms with van der Waals surface area (Å²) < 4.78 is 3.00. The highest BCUT2D eigenvalue weighted by Gasteiger charge is 2.24. The van der Waals surface area contributed by atoms with Gasteiger partial charge in [-0.15, -0.1) is 5.10 Å². The quantitative estimate of drug-likeness (QED) is 0.838. The number of piperidine rings is 1. The van der Waals surface area contributed by atoms with Crippen LogP contribution in [-0.4, -0.2) is 47.3 Å². The number of nitrogens with zero attached hydrogens (tertiary/aromatic N) is 3. The molecule has 0 saturated carbocycles. The molecule has 0 unspecified atom stereocenters. The first kappa shape index (κ1) is 13.2. The second kappa shape index (κ2) is 5.32. The fourth-order valence-electron chi connectivity index (χ4n) is 3.09. The summed E-state index contributed by atoms with van der Waals surface area (Å²) in [7, 11) is 2.36. The average Bonchev–Trinajstić information content (AvgIpc) is 2.77. The van der Waals surface area contributed by atoms with E-state index in [1.54, 1.807) is 0 Å². The van der Waals surface area contributed by atoms with Crippen molar-refractivity contribution in [2.75, 3.05) is 44.3 Å². The molecular weight excluding hydrogens is 250 g/mol. The van der Waals surface area contributed by atoms with Crippen LogP contribution in [0.15, 0.2) is 24.4 Å². The number of likely N-dealkylation sites (N-methyl/N-ethyl adjacent to an activating group) is 1. The number of nitrogens with two attached hydrogens (primary N) is 1. The molecule has 0 aromatic carbocycles. The monoisotopic (exact) mass is 274 g/mol. The van der Waals surface area contributed by atoms with Crippen molar-refractivity contribution in [1.29, 1.82) is 0 Å². The summed E-state index contributed by atoms with van der Waals surface area (Å²) in [4.78, 5) is 0. The third-order valence-electron chi connectivity index (χ3n) is 4.42. The fourth-order valence-corrected chi connectivity index (χ4v) is 3.09. The molecule has 1 aliphatic heterocycles. The molecule has 1 saturated heterocycles. The van der Waals surface area contributed by atoms with Gasteiger partial charge >= 0.3 is 0 Å². The van der Waals surface area contributed by atoms with E-state index in [4.69, 9.17) is 5.73 Å². The minimum absolute atomic E-state index is 0.742. The first-order valence-electron chi connectivity index (χ1n) is 7.48. The molecule has 0 amide bonds. The predicted octanol–water partition coefficient (Wildman–Crippen LogP) is 1.96. The van der Waals surface area contributed by atoms with E-state index in [0.29, 0.717) is 0 Å². The molecule has 20 heavy (non-hydrogen) atoms. The third kappa shape index (κ3) is 2.58. The van der Waals surface area contributed by atoms with Crippen LogP contribution in [0.1, 0.15) is 19.3 Å². The van der Waals surface area contributed by atoms with Gasteiger partial charge < -0.3 is 15.5 Å². The zero-order chi connectivity index (χ0) is 14.0. The van der Waals surface area contributed by atoms with Gasteiger partial charge in [-0.05, 0) is 31.4 Å². The Kier molecular flexibility index (Phi) is 3.53. The molecule has 2 aromatic heterocycles. The Hall–Kier alpha value is -1.75. The molecule has 0 aliphatic carbocycles. The summed E-state index contributed by atoms with van der Waals surface area (Å²) in [6.45, 7) is 4.64. The van der Waals surface area contributed by atoms with Crippen molar-refractivity contribution < 1.29 is 4.48 Å². The smallest absolute Gasteiger partial charge is 0.172 e. The summed E-state index contributed by atoms with van der Waals surface area (Å²) in [6, 6.07) is 5.94. The highest BCUT2D eigenvalue weighted by atomic mass is 15.3. The summed E-state index contributed by atoms with van der Waals surface area (Å²) in [6.07, 6.45) is 6.02. The lowest BCUT2D eigenvalue weighted by Gasteiger charge is -2.37. The van der Waals surface area contributed by atoms with E-state index in [1.807, 2.05) is 28.9 Å². The zero-order valence-corrected chi connectivity index (χ0v) is 12.2. The molecule has 0 radical (unpaired) electrons. The average molecular weight is 274 g/mol. The lowest BCUT2D eigenvalue weighted by Crippen LogP contribution is -2.50. The van der Waals surface area contributed by atoms with Crippen molar-refractivity contribution in [3.05, 3.63) is 24.4 Å².